The average molecular weight is 275 g/mol. The van der Waals surface area contributed by atoms with Crippen molar-refractivity contribution in [3.63, 3.8) is 0 Å². The number of nitrogens with two attached hydrogens (primary N) is 1. The molecule has 104 valence electrons. The van der Waals surface area contributed by atoms with Crippen LogP contribution in [-0.4, -0.2) is 27.1 Å². The third-order valence-corrected chi connectivity index (χ3v) is 3.05. The van der Waals surface area contributed by atoms with Crippen LogP contribution in [0.1, 0.15) is 11.3 Å². The van der Waals surface area contributed by atoms with E-state index in [0.717, 1.165) is 10.9 Å². The Labute approximate surface area is 114 Å². The second-order valence-electron chi connectivity index (χ2n) is 4.50. The first-order chi connectivity index (χ1) is 9.69. The van der Waals surface area contributed by atoms with Crippen LogP contribution in [0.3, 0.4) is 0 Å². The first-order valence-electron chi connectivity index (χ1n) is 6.11. The van der Waals surface area contributed by atoms with E-state index in [1.54, 1.807) is 17.9 Å². The maximum absolute atomic E-state index is 13.2. The molecule has 0 amide bonds. The molecular formula is C13H14FN5O. The van der Waals surface area contributed by atoms with E-state index < -0.39 is 0 Å². The minimum atomic E-state index is -0.274. The van der Waals surface area contributed by atoms with Crippen LogP contribution in [-0.2, 0) is 17.9 Å². The van der Waals surface area contributed by atoms with Crippen LogP contribution in [0.15, 0.2) is 24.3 Å². The Hall–Kier alpha value is -2.41. The third kappa shape index (κ3) is 2.12. The Kier molecular flexibility index (Phi) is 3.11. The van der Waals surface area contributed by atoms with Crippen LogP contribution in [0.25, 0.3) is 11.0 Å². The summed E-state index contributed by atoms with van der Waals surface area (Å²) in [7, 11) is 1.59. The fourth-order valence-electron chi connectivity index (χ4n) is 2.22. The van der Waals surface area contributed by atoms with E-state index in [1.165, 1.54) is 12.1 Å². The number of aromatic nitrogens is 4. The first kappa shape index (κ1) is 12.6. The lowest BCUT2D eigenvalue weighted by Gasteiger charge is -2.02. The van der Waals surface area contributed by atoms with Gasteiger partial charge in [0.1, 0.15) is 17.3 Å². The lowest BCUT2D eigenvalue weighted by Crippen LogP contribution is -2.04. The number of fused-ring (bicyclic) bond motifs is 1. The van der Waals surface area contributed by atoms with Crippen molar-refractivity contribution in [1.29, 1.82) is 0 Å². The van der Waals surface area contributed by atoms with Crippen LogP contribution < -0.4 is 5.73 Å². The van der Waals surface area contributed by atoms with Crippen LogP contribution in [0.4, 0.5) is 10.2 Å². The molecule has 3 rings (SSSR count). The molecule has 20 heavy (non-hydrogen) atoms. The van der Waals surface area contributed by atoms with Gasteiger partial charge in [0.05, 0.1) is 18.5 Å². The minimum absolute atomic E-state index is 0.274. The molecule has 3 aromatic rings. The summed E-state index contributed by atoms with van der Waals surface area (Å²) in [5.41, 5.74) is 8.01. The highest BCUT2D eigenvalue weighted by Crippen LogP contribution is 2.23. The van der Waals surface area contributed by atoms with E-state index in [-0.39, 0.29) is 5.82 Å². The summed E-state index contributed by atoms with van der Waals surface area (Å²) in [5, 5.41) is 12.1. The topological polar surface area (TPSA) is 81.8 Å². The zero-order valence-corrected chi connectivity index (χ0v) is 10.9. The van der Waals surface area contributed by atoms with Gasteiger partial charge in [-0.15, -0.1) is 0 Å². The summed E-state index contributed by atoms with van der Waals surface area (Å²) < 4.78 is 20.0. The maximum atomic E-state index is 13.2. The van der Waals surface area contributed by atoms with Crippen molar-refractivity contribution in [1.82, 2.24) is 20.0 Å². The van der Waals surface area contributed by atoms with Gasteiger partial charge in [0.25, 0.3) is 0 Å². The molecule has 0 spiro atoms. The van der Waals surface area contributed by atoms with Gasteiger partial charge in [-0.05, 0) is 17.7 Å². The molecular weight excluding hydrogens is 261 g/mol. The van der Waals surface area contributed by atoms with E-state index in [9.17, 15) is 4.39 Å². The van der Waals surface area contributed by atoms with Crippen LogP contribution in [0.2, 0.25) is 0 Å². The monoisotopic (exact) mass is 275 g/mol. The minimum Gasteiger partial charge on any atom is -0.383 e. The maximum Gasteiger partial charge on any atom is 0.182 e. The van der Waals surface area contributed by atoms with Crippen LogP contribution >= 0.6 is 0 Å². The van der Waals surface area contributed by atoms with E-state index >= 15 is 0 Å². The normalized spacial score (nSPS) is 11.3. The number of hydrogen-bond donors (Lipinski definition) is 2. The van der Waals surface area contributed by atoms with Gasteiger partial charge < -0.3 is 10.5 Å². The summed E-state index contributed by atoms with van der Waals surface area (Å²) in [6.07, 6.45) is 0. The van der Waals surface area contributed by atoms with Crippen molar-refractivity contribution >= 4 is 16.9 Å². The number of rotatable bonds is 4. The van der Waals surface area contributed by atoms with Gasteiger partial charge in [0.15, 0.2) is 5.65 Å². The van der Waals surface area contributed by atoms with Gasteiger partial charge in [0, 0.05) is 7.11 Å². The van der Waals surface area contributed by atoms with Gasteiger partial charge in [-0.25, -0.2) is 9.07 Å². The van der Waals surface area contributed by atoms with Gasteiger partial charge in [0.2, 0.25) is 0 Å². The fourth-order valence-corrected chi connectivity index (χ4v) is 2.22. The lowest BCUT2D eigenvalue weighted by atomic mass is 10.2. The number of aromatic amines is 1. The molecule has 2 heterocycles. The lowest BCUT2D eigenvalue weighted by molar-refractivity contribution is 0.182. The standard InChI is InChI=1S/C13H14FN5O/c1-20-7-10-11-12(15)16-17-13(11)19(18-10)6-8-3-2-4-9(14)5-8/h2-5H,6-7H2,1H3,(H3,15,16,17). The number of anilines is 1. The summed E-state index contributed by atoms with van der Waals surface area (Å²) in [5.74, 6) is 0.182. The number of ether oxygens (including phenoxy) is 1. The van der Waals surface area contributed by atoms with Crippen molar-refractivity contribution in [2.24, 2.45) is 0 Å². The molecule has 2 aromatic heterocycles. The number of benzene rings is 1. The Morgan fingerprint density at radius 3 is 3.05 bits per heavy atom. The van der Waals surface area contributed by atoms with E-state index in [2.05, 4.69) is 15.3 Å². The molecule has 0 radical (unpaired) electrons. The number of nitrogens with zero attached hydrogens (tertiary/aromatic N) is 3. The van der Waals surface area contributed by atoms with Crippen LogP contribution in [0, 0.1) is 5.82 Å². The van der Waals surface area contributed by atoms with E-state index in [4.69, 9.17) is 10.5 Å². The van der Waals surface area contributed by atoms with E-state index in [1.807, 2.05) is 6.07 Å². The molecule has 7 heteroatoms. The molecule has 6 nitrogen and oxygen atoms in total. The van der Waals surface area contributed by atoms with Crippen molar-refractivity contribution in [2.75, 3.05) is 12.8 Å². The fraction of sp³-hybridized carbons (Fsp3) is 0.231. The predicted molar refractivity (Wildman–Crippen MR) is 72.5 cm³/mol. The summed E-state index contributed by atoms with van der Waals surface area (Å²) in [6.45, 7) is 0.763. The summed E-state index contributed by atoms with van der Waals surface area (Å²) in [4.78, 5) is 0. The van der Waals surface area contributed by atoms with E-state index in [0.29, 0.717) is 30.3 Å². The highest BCUT2D eigenvalue weighted by molar-refractivity contribution is 5.88. The highest BCUT2D eigenvalue weighted by Gasteiger charge is 2.16. The zero-order chi connectivity index (χ0) is 14.1. The van der Waals surface area contributed by atoms with Gasteiger partial charge in [-0.2, -0.15) is 10.2 Å². The zero-order valence-electron chi connectivity index (χ0n) is 10.9. The molecule has 0 aliphatic carbocycles. The Morgan fingerprint density at radius 2 is 2.30 bits per heavy atom. The summed E-state index contributed by atoms with van der Waals surface area (Å²) in [6, 6.07) is 6.38. The van der Waals surface area contributed by atoms with Gasteiger partial charge in [-0.1, -0.05) is 12.1 Å². The molecule has 0 saturated carbocycles. The van der Waals surface area contributed by atoms with Gasteiger partial charge >= 0.3 is 0 Å². The highest BCUT2D eigenvalue weighted by atomic mass is 19.1. The largest absolute Gasteiger partial charge is 0.383 e. The molecule has 0 saturated heterocycles. The van der Waals surface area contributed by atoms with Crippen molar-refractivity contribution in [3.05, 3.63) is 41.3 Å². The number of nitrogens with one attached hydrogen (secondary N) is 1. The van der Waals surface area contributed by atoms with Crippen LogP contribution in [0.5, 0.6) is 0 Å². The number of nitrogen functional groups attached to an aromatic ring is 1. The molecule has 0 fully saturated rings. The van der Waals surface area contributed by atoms with Crippen molar-refractivity contribution in [3.8, 4) is 0 Å². The van der Waals surface area contributed by atoms with Gasteiger partial charge in [-0.3, -0.25) is 5.10 Å². The first-order valence-corrected chi connectivity index (χ1v) is 6.11. The quantitative estimate of drug-likeness (QED) is 0.759. The number of halogens is 1. The number of H-pyrrole nitrogens is 1. The Bertz CT molecular complexity index is 748. The molecule has 0 bridgehead atoms. The second-order valence-corrected chi connectivity index (χ2v) is 4.50. The Morgan fingerprint density at radius 1 is 1.45 bits per heavy atom. The average Bonchev–Trinajstić information content (AvgIpc) is 2.94. The number of methoxy groups -OCH3 is 1. The Balaban J connectivity index is 2.03. The SMILES string of the molecule is COCc1nn(Cc2cccc(F)c2)c2n[nH]c(N)c12. The van der Waals surface area contributed by atoms with Crippen molar-refractivity contribution < 1.29 is 9.13 Å². The predicted octanol–water partition coefficient (Wildman–Crippen LogP) is 1.68. The molecule has 0 atom stereocenters. The van der Waals surface area contributed by atoms with Crippen molar-refractivity contribution in [2.45, 2.75) is 13.2 Å². The molecule has 1 aromatic carbocycles. The molecule has 0 aliphatic heterocycles. The summed E-state index contributed by atoms with van der Waals surface area (Å²) >= 11 is 0. The molecule has 0 unspecified atom stereocenters. The second kappa shape index (κ2) is 4.93. The third-order valence-electron chi connectivity index (χ3n) is 3.05. The molecule has 0 aliphatic rings. The smallest absolute Gasteiger partial charge is 0.182 e. The number of hydrogen-bond acceptors (Lipinski definition) is 4. The molecule has 3 N–H and O–H groups in total.